The van der Waals surface area contributed by atoms with Gasteiger partial charge in [-0.05, 0) is 56.5 Å². The van der Waals surface area contributed by atoms with Gasteiger partial charge < -0.3 is 10.2 Å². The van der Waals surface area contributed by atoms with Crippen LogP contribution in [0.5, 0.6) is 0 Å². The summed E-state index contributed by atoms with van der Waals surface area (Å²) in [7, 11) is 0. The molecule has 1 aliphatic heterocycles. The first-order chi connectivity index (χ1) is 9.74. The molecular weight excluding hydrogens is 270 g/mol. The fraction of sp³-hybridized carbons (Fsp3) is 0.562. The van der Waals surface area contributed by atoms with E-state index in [1.54, 1.807) is 6.07 Å². The number of nitrogens with zero attached hydrogens (tertiary/aromatic N) is 2. The number of piperidine rings is 1. The normalized spacial score (nSPS) is 15.8. The highest BCUT2D eigenvalue weighted by Crippen LogP contribution is 2.26. The molecule has 1 heterocycles. The molecule has 0 saturated carbocycles. The van der Waals surface area contributed by atoms with Crippen molar-refractivity contribution in [3.05, 3.63) is 28.8 Å². The van der Waals surface area contributed by atoms with Gasteiger partial charge in [-0.15, -0.1) is 0 Å². The summed E-state index contributed by atoms with van der Waals surface area (Å²) in [4.78, 5) is 2.35. The van der Waals surface area contributed by atoms with Crippen LogP contribution in [0.15, 0.2) is 18.2 Å². The van der Waals surface area contributed by atoms with Crippen LogP contribution in [-0.2, 0) is 0 Å². The SMILES string of the molecule is CCCN(CC1CCNCC1)c1ccc(Cl)cc1C#N. The molecule has 1 aliphatic rings. The summed E-state index contributed by atoms with van der Waals surface area (Å²) < 4.78 is 0. The van der Waals surface area contributed by atoms with Crippen molar-refractivity contribution >= 4 is 17.3 Å². The molecule has 1 fully saturated rings. The Morgan fingerprint density at radius 3 is 2.80 bits per heavy atom. The smallest absolute Gasteiger partial charge is 0.101 e. The van der Waals surface area contributed by atoms with Crippen LogP contribution in [0, 0.1) is 17.2 Å². The van der Waals surface area contributed by atoms with Crippen molar-refractivity contribution in [2.75, 3.05) is 31.1 Å². The molecule has 0 aromatic heterocycles. The maximum absolute atomic E-state index is 9.32. The molecule has 4 heteroatoms. The van der Waals surface area contributed by atoms with Gasteiger partial charge in [0.25, 0.3) is 0 Å². The molecule has 0 amide bonds. The predicted molar refractivity (Wildman–Crippen MR) is 84.3 cm³/mol. The average Bonchev–Trinajstić information content (AvgIpc) is 2.48. The van der Waals surface area contributed by atoms with Gasteiger partial charge in [0.2, 0.25) is 0 Å². The van der Waals surface area contributed by atoms with E-state index in [4.69, 9.17) is 11.6 Å². The van der Waals surface area contributed by atoms with Crippen LogP contribution >= 0.6 is 11.6 Å². The zero-order valence-corrected chi connectivity index (χ0v) is 12.8. The third kappa shape index (κ3) is 3.88. The number of nitrogens with one attached hydrogen (secondary N) is 1. The second kappa shape index (κ2) is 7.52. The van der Waals surface area contributed by atoms with Crippen molar-refractivity contribution in [1.82, 2.24) is 5.32 Å². The Balaban J connectivity index is 2.17. The van der Waals surface area contributed by atoms with E-state index in [1.165, 1.54) is 12.8 Å². The second-order valence-electron chi connectivity index (χ2n) is 5.41. The lowest BCUT2D eigenvalue weighted by atomic mass is 9.97. The summed E-state index contributed by atoms with van der Waals surface area (Å²) in [6.45, 7) is 6.41. The predicted octanol–water partition coefficient (Wildman–Crippen LogP) is 3.43. The molecule has 1 saturated heterocycles. The van der Waals surface area contributed by atoms with E-state index < -0.39 is 0 Å². The van der Waals surface area contributed by atoms with Crippen LogP contribution in [0.25, 0.3) is 0 Å². The molecule has 1 N–H and O–H groups in total. The lowest BCUT2D eigenvalue weighted by Gasteiger charge is -2.32. The lowest BCUT2D eigenvalue weighted by Crippen LogP contribution is -2.37. The van der Waals surface area contributed by atoms with Gasteiger partial charge in [0.1, 0.15) is 6.07 Å². The molecule has 1 aromatic carbocycles. The topological polar surface area (TPSA) is 39.1 Å². The van der Waals surface area contributed by atoms with E-state index in [1.807, 2.05) is 12.1 Å². The molecule has 0 spiro atoms. The Bertz CT molecular complexity index is 475. The van der Waals surface area contributed by atoms with Crippen LogP contribution in [-0.4, -0.2) is 26.2 Å². The number of benzene rings is 1. The minimum atomic E-state index is 0.628. The van der Waals surface area contributed by atoms with Gasteiger partial charge in [-0.2, -0.15) is 5.26 Å². The maximum Gasteiger partial charge on any atom is 0.101 e. The van der Waals surface area contributed by atoms with E-state index in [9.17, 15) is 5.26 Å². The number of rotatable bonds is 5. The Morgan fingerprint density at radius 2 is 2.15 bits per heavy atom. The first-order valence-corrected chi connectivity index (χ1v) is 7.77. The molecular formula is C16H22ClN3. The van der Waals surface area contributed by atoms with E-state index >= 15 is 0 Å². The lowest BCUT2D eigenvalue weighted by molar-refractivity contribution is 0.373. The van der Waals surface area contributed by atoms with Gasteiger partial charge in [0, 0.05) is 18.1 Å². The number of anilines is 1. The van der Waals surface area contributed by atoms with E-state index in [-0.39, 0.29) is 0 Å². The molecule has 0 aliphatic carbocycles. The zero-order chi connectivity index (χ0) is 14.4. The van der Waals surface area contributed by atoms with Gasteiger partial charge in [-0.1, -0.05) is 18.5 Å². The highest BCUT2D eigenvalue weighted by Gasteiger charge is 2.18. The fourth-order valence-electron chi connectivity index (χ4n) is 2.83. The van der Waals surface area contributed by atoms with Gasteiger partial charge in [-0.3, -0.25) is 0 Å². The molecule has 108 valence electrons. The molecule has 2 rings (SSSR count). The summed E-state index contributed by atoms with van der Waals surface area (Å²) in [6, 6.07) is 7.90. The van der Waals surface area contributed by atoms with Crippen LogP contribution in [0.1, 0.15) is 31.7 Å². The minimum Gasteiger partial charge on any atom is -0.370 e. The monoisotopic (exact) mass is 291 g/mol. The molecule has 1 aromatic rings. The van der Waals surface area contributed by atoms with Crippen molar-refractivity contribution in [2.45, 2.75) is 26.2 Å². The number of hydrogen-bond donors (Lipinski definition) is 1. The zero-order valence-electron chi connectivity index (χ0n) is 12.0. The van der Waals surface area contributed by atoms with Crippen molar-refractivity contribution in [3.8, 4) is 6.07 Å². The van der Waals surface area contributed by atoms with E-state index in [0.717, 1.165) is 38.3 Å². The van der Waals surface area contributed by atoms with Crippen molar-refractivity contribution < 1.29 is 0 Å². The number of halogens is 1. The molecule has 3 nitrogen and oxygen atoms in total. The average molecular weight is 292 g/mol. The number of nitriles is 1. The van der Waals surface area contributed by atoms with Crippen LogP contribution in [0.2, 0.25) is 5.02 Å². The third-order valence-electron chi connectivity index (χ3n) is 3.85. The highest BCUT2D eigenvalue weighted by molar-refractivity contribution is 6.30. The molecule has 0 radical (unpaired) electrons. The largest absolute Gasteiger partial charge is 0.370 e. The van der Waals surface area contributed by atoms with Gasteiger partial charge >= 0.3 is 0 Å². The van der Waals surface area contributed by atoms with Crippen molar-refractivity contribution in [1.29, 1.82) is 5.26 Å². The van der Waals surface area contributed by atoms with Crippen molar-refractivity contribution in [2.24, 2.45) is 5.92 Å². The summed E-state index contributed by atoms with van der Waals surface area (Å²) >= 11 is 5.99. The van der Waals surface area contributed by atoms with Crippen LogP contribution in [0.4, 0.5) is 5.69 Å². The van der Waals surface area contributed by atoms with E-state index in [0.29, 0.717) is 16.5 Å². The molecule has 20 heavy (non-hydrogen) atoms. The Morgan fingerprint density at radius 1 is 1.40 bits per heavy atom. The van der Waals surface area contributed by atoms with Crippen molar-refractivity contribution in [3.63, 3.8) is 0 Å². The first-order valence-electron chi connectivity index (χ1n) is 7.40. The molecule has 0 atom stereocenters. The maximum atomic E-state index is 9.32. The van der Waals surface area contributed by atoms with E-state index in [2.05, 4.69) is 23.2 Å². The number of hydrogen-bond acceptors (Lipinski definition) is 3. The van der Waals surface area contributed by atoms with Gasteiger partial charge in [-0.25, -0.2) is 0 Å². The Hall–Kier alpha value is -1.24. The standard InChI is InChI=1S/C16H22ClN3/c1-2-9-20(12-13-5-7-19-8-6-13)16-4-3-15(17)10-14(16)11-18/h3-4,10,13,19H,2,5-9,12H2,1H3. The summed E-state index contributed by atoms with van der Waals surface area (Å²) in [6.07, 6.45) is 3.52. The van der Waals surface area contributed by atoms with Crippen LogP contribution in [0.3, 0.4) is 0 Å². The minimum absolute atomic E-state index is 0.628. The third-order valence-corrected chi connectivity index (χ3v) is 4.09. The highest BCUT2D eigenvalue weighted by atomic mass is 35.5. The first kappa shape index (κ1) is 15.2. The Labute approximate surface area is 126 Å². The molecule has 0 bridgehead atoms. The fourth-order valence-corrected chi connectivity index (χ4v) is 3.00. The summed E-state index contributed by atoms with van der Waals surface area (Å²) in [5, 5.41) is 13.4. The van der Waals surface area contributed by atoms with Gasteiger partial charge in [0.05, 0.1) is 11.3 Å². The summed E-state index contributed by atoms with van der Waals surface area (Å²) in [5.41, 5.74) is 1.71. The van der Waals surface area contributed by atoms with Gasteiger partial charge in [0.15, 0.2) is 0 Å². The van der Waals surface area contributed by atoms with Crippen LogP contribution < -0.4 is 10.2 Å². The summed E-state index contributed by atoms with van der Waals surface area (Å²) in [5.74, 6) is 0.713. The Kier molecular flexibility index (Phi) is 5.70. The quantitative estimate of drug-likeness (QED) is 0.903. The molecule has 0 unspecified atom stereocenters. The second-order valence-corrected chi connectivity index (χ2v) is 5.85.